The zero-order valence-electron chi connectivity index (χ0n) is 44.1. The van der Waals surface area contributed by atoms with Crippen LogP contribution in [0.4, 0.5) is 0 Å². The van der Waals surface area contributed by atoms with Crippen molar-refractivity contribution in [2.45, 2.75) is 139 Å². The largest absolute Gasteiger partial charge is 0.480 e. The van der Waals surface area contributed by atoms with Crippen LogP contribution in [0.15, 0.2) is 96.0 Å². The molecule has 8 unspecified atom stereocenters. The molecule has 24 heteroatoms. The van der Waals surface area contributed by atoms with Crippen molar-refractivity contribution in [3.05, 3.63) is 108 Å². The predicted octanol–water partition coefficient (Wildman–Crippen LogP) is -1.34. The molecule has 3 aromatic carbocycles. The topological polar surface area (TPSA) is 409 Å². The van der Waals surface area contributed by atoms with Gasteiger partial charge in [-0.3, -0.25) is 48.1 Å². The number of guanidine groups is 1. The molecule has 0 saturated carbocycles. The number of amides is 9. The van der Waals surface area contributed by atoms with E-state index in [1.165, 1.54) is 4.90 Å². The molecule has 1 saturated heterocycles. The Morgan fingerprint density at radius 1 is 0.564 bits per heavy atom. The highest BCUT2D eigenvalue weighted by Gasteiger charge is 2.40. The molecule has 9 amide bonds. The van der Waals surface area contributed by atoms with Gasteiger partial charge < -0.3 is 70.6 Å². The summed E-state index contributed by atoms with van der Waals surface area (Å²) in [5.41, 5.74) is 30.2. The molecule has 17 N–H and O–H groups in total. The second-order valence-electron chi connectivity index (χ2n) is 19.7. The molecule has 0 aromatic heterocycles. The number of nitrogens with one attached hydrogen (secondary N) is 6. The summed E-state index contributed by atoms with van der Waals surface area (Å²) in [6.07, 6.45) is -0.816. The second kappa shape index (κ2) is 31.6. The average Bonchev–Trinajstić information content (AvgIpc) is 3.90. The Morgan fingerprint density at radius 3 is 1.51 bits per heavy atom. The molecule has 1 aliphatic rings. The minimum atomic E-state index is -1.52. The third kappa shape index (κ3) is 21.3. The number of hydrogen-bond donors (Lipinski definition) is 12. The van der Waals surface area contributed by atoms with Crippen LogP contribution in [0.1, 0.15) is 88.3 Å². The molecule has 4 rings (SSSR count). The molecule has 1 heterocycles. The Labute approximate surface area is 453 Å². The number of aliphatic imine (C=N–C) groups is 1. The Bertz CT molecular complexity index is 2550. The van der Waals surface area contributed by atoms with E-state index in [1.54, 1.807) is 60.7 Å². The van der Waals surface area contributed by atoms with Gasteiger partial charge in [-0.05, 0) is 74.0 Å². The van der Waals surface area contributed by atoms with Crippen molar-refractivity contribution in [1.29, 1.82) is 0 Å². The van der Waals surface area contributed by atoms with E-state index in [0.29, 0.717) is 11.1 Å². The predicted molar refractivity (Wildman–Crippen MR) is 289 cm³/mol. The number of nitrogens with zero attached hydrogens (tertiary/aromatic N) is 2. The Morgan fingerprint density at radius 2 is 1.00 bits per heavy atom. The number of carbonyl (C=O) groups excluding carboxylic acids is 9. The SMILES string of the molecule is CC(C)CC(NC(=O)C(N)Cc1ccccc1)C(=O)NC(Cc1ccccc1)C(=O)NC(CCC(N)=O)C(=O)N1CCCC1C(=O)NC(CCC(N)=O)C(=O)NC(CCCN=C(N)N)C(=O)NC(Cc1ccccc1)C(=O)O. The fourth-order valence-corrected chi connectivity index (χ4v) is 8.78. The van der Waals surface area contributed by atoms with Crippen LogP contribution >= 0.6 is 0 Å². The third-order valence-corrected chi connectivity index (χ3v) is 12.8. The van der Waals surface area contributed by atoms with Gasteiger partial charge in [0.05, 0.1) is 6.04 Å². The van der Waals surface area contributed by atoms with E-state index < -0.39 is 114 Å². The zero-order chi connectivity index (χ0) is 57.3. The molecular weight excluding hydrogens is 1010 g/mol. The summed E-state index contributed by atoms with van der Waals surface area (Å²) in [5, 5.41) is 25.8. The maximum atomic E-state index is 14.6. The lowest BCUT2D eigenvalue weighted by Crippen LogP contribution is -2.60. The molecule has 8 atom stereocenters. The van der Waals surface area contributed by atoms with Gasteiger partial charge in [-0.25, -0.2) is 4.79 Å². The Kier molecular flexibility index (Phi) is 25.2. The van der Waals surface area contributed by atoms with E-state index in [9.17, 15) is 53.1 Å². The molecule has 0 radical (unpaired) electrons. The number of nitrogens with two attached hydrogens (primary N) is 5. The number of carboxylic acids is 1. The maximum absolute atomic E-state index is 14.6. The van der Waals surface area contributed by atoms with Crippen molar-refractivity contribution in [2.24, 2.45) is 39.6 Å². The van der Waals surface area contributed by atoms with E-state index in [-0.39, 0.29) is 95.6 Å². The van der Waals surface area contributed by atoms with Crippen molar-refractivity contribution in [1.82, 2.24) is 36.8 Å². The van der Waals surface area contributed by atoms with Gasteiger partial charge in [0.25, 0.3) is 0 Å². The highest BCUT2D eigenvalue weighted by Crippen LogP contribution is 2.21. The first-order valence-electron chi connectivity index (χ1n) is 26.0. The average molecular weight is 1080 g/mol. The summed E-state index contributed by atoms with van der Waals surface area (Å²) in [6, 6.07) is 15.8. The summed E-state index contributed by atoms with van der Waals surface area (Å²) < 4.78 is 0. The molecule has 1 aliphatic heterocycles. The number of rotatable bonds is 32. The summed E-state index contributed by atoms with van der Waals surface area (Å²) in [4.78, 5) is 140. The molecule has 0 aliphatic carbocycles. The van der Waals surface area contributed by atoms with Gasteiger partial charge in [0.15, 0.2) is 5.96 Å². The van der Waals surface area contributed by atoms with Crippen LogP contribution in [0.3, 0.4) is 0 Å². The monoisotopic (exact) mass is 1080 g/mol. The van der Waals surface area contributed by atoms with Crippen LogP contribution in [0.2, 0.25) is 0 Å². The zero-order valence-corrected chi connectivity index (χ0v) is 44.1. The molecule has 24 nitrogen and oxygen atoms in total. The lowest BCUT2D eigenvalue weighted by Gasteiger charge is -2.31. The Balaban J connectivity index is 1.56. The van der Waals surface area contributed by atoms with E-state index in [0.717, 1.165) is 5.56 Å². The van der Waals surface area contributed by atoms with Crippen LogP contribution in [0.5, 0.6) is 0 Å². The van der Waals surface area contributed by atoms with E-state index in [4.69, 9.17) is 28.7 Å². The highest BCUT2D eigenvalue weighted by molar-refractivity contribution is 5.98. The number of primary amides is 2. The lowest BCUT2D eigenvalue weighted by molar-refractivity contribution is -0.143. The van der Waals surface area contributed by atoms with Crippen molar-refractivity contribution in [3.8, 4) is 0 Å². The molecule has 78 heavy (non-hydrogen) atoms. The summed E-state index contributed by atoms with van der Waals surface area (Å²) in [5.74, 6) is -8.86. The molecule has 422 valence electrons. The first-order chi connectivity index (χ1) is 37.1. The second-order valence-corrected chi connectivity index (χ2v) is 19.7. The number of benzene rings is 3. The van der Waals surface area contributed by atoms with Crippen LogP contribution in [-0.4, -0.2) is 137 Å². The van der Waals surface area contributed by atoms with E-state index in [2.05, 4.69) is 36.9 Å². The number of carbonyl (C=O) groups is 10. The van der Waals surface area contributed by atoms with Crippen molar-refractivity contribution in [2.75, 3.05) is 13.1 Å². The van der Waals surface area contributed by atoms with Gasteiger partial charge in [0, 0.05) is 38.8 Å². The van der Waals surface area contributed by atoms with Gasteiger partial charge in [0.2, 0.25) is 53.2 Å². The van der Waals surface area contributed by atoms with Crippen molar-refractivity contribution < 1.29 is 53.1 Å². The molecule has 3 aromatic rings. The normalized spacial score (nSPS) is 15.6. The summed E-state index contributed by atoms with van der Waals surface area (Å²) in [7, 11) is 0. The lowest BCUT2D eigenvalue weighted by atomic mass is 9.99. The van der Waals surface area contributed by atoms with Gasteiger partial charge in [-0.1, -0.05) is 105 Å². The molecule has 0 spiro atoms. The van der Waals surface area contributed by atoms with Gasteiger partial charge >= 0.3 is 5.97 Å². The van der Waals surface area contributed by atoms with E-state index in [1.807, 2.05) is 44.2 Å². The van der Waals surface area contributed by atoms with E-state index >= 15 is 0 Å². The third-order valence-electron chi connectivity index (χ3n) is 12.8. The smallest absolute Gasteiger partial charge is 0.326 e. The standard InChI is InChI=1S/C54H75N13O11/c1-32(2)28-40(64-46(70)36(55)29-33-14-6-3-7-15-33)49(73)65-41(30-34-16-8-4-9-17-34)50(74)63-39(23-25-45(57)69)52(76)67-27-13-21-43(67)51(75)62-38(22-24-44(56)68)48(72)61-37(20-12-26-60-54(58)59)47(71)66-42(53(77)78)31-35-18-10-5-11-19-35/h3-11,14-19,32,36-43H,12-13,20-31,55H2,1-2H3,(H2,56,68)(H2,57,69)(H,61,72)(H,62,75)(H,63,74)(H,64,70)(H,65,73)(H,66,71)(H,77,78)(H4,58,59,60). The van der Waals surface area contributed by atoms with Crippen LogP contribution in [-0.2, 0) is 67.2 Å². The fourth-order valence-electron chi connectivity index (χ4n) is 8.78. The minimum Gasteiger partial charge on any atom is -0.480 e. The number of carboxylic acid groups (broad SMARTS) is 1. The highest BCUT2D eigenvalue weighted by atomic mass is 16.4. The van der Waals surface area contributed by atoms with Crippen LogP contribution in [0.25, 0.3) is 0 Å². The minimum absolute atomic E-state index is 0.00303. The quantitative estimate of drug-likeness (QED) is 0.0196. The molecule has 0 bridgehead atoms. The summed E-state index contributed by atoms with van der Waals surface area (Å²) >= 11 is 0. The fraction of sp³-hybridized carbons (Fsp3) is 0.463. The number of hydrogen-bond acceptors (Lipinski definition) is 12. The Hall–Kier alpha value is -8.41. The maximum Gasteiger partial charge on any atom is 0.326 e. The summed E-state index contributed by atoms with van der Waals surface area (Å²) in [6.45, 7) is 3.74. The first-order valence-corrected chi connectivity index (χ1v) is 26.0. The van der Waals surface area contributed by atoms with Crippen LogP contribution in [0, 0.1) is 5.92 Å². The molecular formula is C54H75N13O11. The first kappa shape index (κ1) is 62.1. The van der Waals surface area contributed by atoms with Gasteiger partial charge in [-0.15, -0.1) is 0 Å². The number of likely N-dealkylation sites (tertiary alicyclic amines) is 1. The number of aliphatic carboxylic acids is 1. The molecule has 1 fully saturated rings. The van der Waals surface area contributed by atoms with Crippen molar-refractivity contribution >= 4 is 65.1 Å². The van der Waals surface area contributed by atoms with Crippen LogP contribution < -0.4 is 60.6 Å². The van der Waals surface area contributed by atoms with Gasteiger partial charge in [0.1, 0.15) is 42.3 Å². The van der Waals surface area contributed by atoms with Crippen molar-refractivity contribution in [3.63, 3.8) is 0 Å². The van der Waals surface area contributed by atoms with Gasteiger partial charge in [-0.2, -0.15) is 0 Å².